The summed E-state index contributed by atoms with van der Waals surface area (Å²) in [7, 11) is 0. The highest BCUT2D eigenvalue weighted by Gasteiger charge is 2.16. The Morgan fingerprint density at radius 3 is 1.93 bits per heavy atom. The quantitative estimate of drug-likeness (QED) is 0.643. The first-order chi connectivity index (χ1) is 14.0. The van der Waals surface area contributed by atoms with Gasteiger partial charge in [0, 0.05) is 28.0 Å². The van der Waals surface area contributed by atoms with Crippen molar-refractivity contribution in [3.8, 4) is 0 Å². The van der Waals surface area contributed by atoms with E-state index in [9.17, 15) is 14.4 Å². The van der Waals surface area contributed by atoms with Crippen LogP contribution in [0.3, 0.4) is 0 Å². The Morgan fingerprint density at radius 1 is 0.867 bits per heavy atom. The fraction of sp³-hybridized carbons (Fsp3) is 0.348. The van der Waals surface area contributed by atoms with E-state index in [1.54, 1.807) is 48.5 Å². The van der Waals surface area contributed by atoms with Crippen LogP contribution in [0, 0.1) is 5.92 Å². The lowest BCUT2D eigenvalue weighted by atomic mass is 10.1. The van der Waals surface area contributed by atoms with Gasteiger partial charge in [-0.05, 0) is 69.2 Å². The fourth-order valence-corrected chi connectivity index (χ4v) is 2.46. The van der Waals surface area contributed by atoms with E-state index in [4.69, 9.17) is 4.74 Å². The van der Waals surface area contributed by atoms with Gasteiger partial charge in [0.25, 0.3) is 11.8 Å². The van der Waals surface area contributed by atoms with E-state index in [1.807, 2.05) is 34.6 Å². The van der Waals surface area contributed by atoms with Crippen LogP contribution >= 0.6 is 0 Å². The van der Waals surface area contributed by atoms with Gasteiger partial charge in [0.05, 0.1) is 6.61 Å². The standard InChI is InChI=1S/C23H29N3O4/c1-15(2)14-30-22(29)25-19-8-6-7-18(13-19)24-20(27)16-9-11-17(12-10-16)21(28)26-23(3,4)5/h6-13,15H,14H2,1-5H3,(H,24,27)(H,25,29)(H,26,28). The van der Waals surface area contributed by atoms with E-state index in [1.165, 1.54) is 0 Å². The molecule has 2 rings (SSSR count). The van der Waals surface area contributed by atoms with Gasteiger partial charge in [-0.1, -0.05) is 19.9 Å². The van der Waals surface area contributed by atoms with Gasteiger partial charge in [-0.15, -0.1) is 0 Å². The number of anilines is 2. The van der Waals surface area contributed by atoms with Crippen molar-refractivity contribution in [2.45, 2.75) is 40.2 Å². The molecule has 0 aliphatic heterocycles. The molecule has 0 aliphatic carbocycles. The third-order valence-corrected chi connectivity index (χ3v) is 3.81. The maximum Gasteiger partial charge on any atom is 0.411 e. The van der Waals surface area contributed by atoms with E-state index in [2.05, 4.69) is 16.0 Å². The van der Waals surface area contributed by atoms with E-state index in [-0.39, 0.29) is 23.3 Å². The maximum absolute atomic E-state index is 12.5. The van der Waals surface area contributed by atoms with Crippen LogP contribution in [-0.2, 0) is 4.74 Å². The van der Waals surface area contributed by atoms with Crippen LogP contribution in [0.2, 0.25) is 0 Å². The second kappa shape index (κ2) is 9.91. The molecule has 0 fully saturated rings. The highest BCUT2D eigenvalue weighted by atomic mass is 16.5. The second-order valence-corrected chi connectivity index (χ2v) is 8.43. The summed E-state index contributed by atoms with van der Waals surface area (Å²) < 4.78 is 5.09. The molecule has 0 aliphatic rings. The van der Waals surface area contributed by atoms with Crippen molar-refractivity contribution in [3.05, 3.63) is 59.7 Å². The molecule has 7 heteroatoms. The number of ether oxygens (including phenoxy) is 1. The molecule has 160 valence electrons. The molecule has 0 heterocycles. The van der Waals surface area contributed by atoms with E-state index in [0.717, 1.165) is 0 Å². The lowest BCUT2D eigenvalue weighted by molar-refractivity contribution is 0.0918. The van der Waals surface area contributed by atoms with Crippen LogP contribution in [0.5, 0.6) is 0 Å². The number of hydrogen-bond donors (Lipinski definition) is 3. The molecule has 0 radical (unpaired) electrons. The summed E-state index contributed by atoms with van der Waals surface area (Å²) in [6, 6.07) is 13.2. The van der Waals surface area contributed by atoms with Crippen LogP contribution < -0.4 is 16.0 Å². The Balaban J connectivity index is 1.99. The number of amides is 3. The third-order valence-electron chi connectivity index (χ3n) is 3.81. The van der Waals surface area contributed by atoms with E-state index >= 15 is 0 Å². The van der Waals surface area contributed by atoms with Gasteiger partial charge < -0.3 is 15.4 Å². The zero-order valence-corrected chi connectivity index (χ0v) is 18.0. The zero-order valence-electron chi connectivity index (χ0n) is 18.0. The highest BCUT2D eigenvalue weighted by molar-refractivity contribution is 6.05. The van der Waals surface area contributed by atoms with Gasteiger partial charge in [0.2, 0.25) is 0 Å². The highest BCUT2D eigenvalue weighted by Crippen LogP contribution is 2.17. The predicted octanol–water partition coefficient (Wildman–Crippen LogP) is 4.67. The Kier molecular flexibility index (Phi) is 7.58. The molecular formula is C23H29N3O4. The van der Waals surface area contributed by atoms with Crippen molar-refractivity contribution in [2.75, 3.05) is 17.2 Å². The first-order valence-corrected chi connectivity index (χ1v) is 9.81. The van der Waals surface area contributed by atoms with Crippen molar-refractivity contribution in [1.29, 1.82) is 0 Å². The maximum atomic E-state index is 12.5. The van der Waals surface area contributed by atoms with Crippen molar-refractivity contribution >= 4 is 29.3 Å². The number of rotatable bonds is 6. The summed E-state index contributed by atoms with van der Waals surface area (Å²) in [4.78, 5) is 36.5. The molecule has 30 heavy (non-hydrogen) atoms. The molecule has 7 nitrogen and oxygen atoms in total. The van der Waals surface area contributed by atoms with Crippen LogP contribution in [0.4, 0.5) is 16.2 Å². The first-order valence-electron chi connectivity index (χ1n) is 9.81. The first kappa shape index (κ1) is 22.9. The molecule has 3 N–H and O–H groups in total. The molecule has 0 saturated carbocycles. The lowest BCUT2D eigenvalue weighted by Gasteiger charge is -2.20. The summed E-state index contributed by atoms with van der Waals surface area (Å²) >= 11 is 0. The van der Waals surface area contributed by atoms with E-state index < -0.39 is 6.09 Å². The topological polar surface area (TPSA) is 96.5 Å². The van der Waals surface area contributed by atoms with Gasteiger partial charge >= 0.3 is 6.09 Å². The summed E-state index contributed by atoms with van der Waals surface area (Å²) in [6.07, 6.45) is -0.545. The summed E-state index contributed by atoms with van der Waals surface area (Å²) in [6.45, 7) is 9.94. The van der Waals surface area contributed by atoms with E-state index in [0.29, 0.717) is 29.1 Å². The van der Waals surface area contributed by atoms with Crippen LogP contribution in [-0.4, -0.2) is 30.1 Å². The largest absolute Gasteiger partial charge is 0.449 e. The minimum absolute atomic E-state index is 0.197. The summed E-state index contributed by atoms with van der Waals surface area (Å²) in [5.74, 6) is -0.276. The molecule has 2 aromatic rings. The van der Waals surface area contributed by atoms with Gasteiger partial charge in [0.15, 0.2) is 0 Å². The molecule has 3 amide bonds. The molecule has 0 saturated heterocycles. The number of hydrogen-bond acceptors (Lipinski definition) is 4. The lowest BCUT2D eigenvalue weighted by Crippen LogP contribution is -2.40. The Bertz CT molecular complexity index is 899. The molecule has 0 aromatic heterocycles. The normalized spacial score (nSPS) is 11.0. The van der Waals surface area contributed by atoms with Gasteiger partial charge in [-0.25, -0.2) is 4.79 Å². The SMILES string of the molecule is CC(C)COC(=O)Nc1cccc(NC(=O)c2ccc(C(=O)NC(C)(C)C)cc2)c1. The van der Waals surface area contributed by atoms with Crippen molar-refractivity contribution in [2.24, 2.45) is 5.92 Å². The second-order valence-electron chi connectivity index (χ2n) is 8.43. The minimum atomic E-state index is -0.545. The van der Waals surface area contributed by atoms with Gasteiger partial charge in [-0.3, -0.25) is 14.9 Å². The summed E-state index contributed by atoms with van der Waals surface area (Å²) in [5, 5.41) is 8.29. The number of benzene rings is 2. The monoisotopic (exact) mass is 411 g/mol. The third kappa shape index (κ3) is 7.58. The molecule has 0 unspecified atom stereocenters. The summed E-state index contributed by atoms with van der Waals surface area (Å²) in [5.41, 5.74) is 1.59. The van der Waals surface area contributed by atoms with Crippen LogP contribution in [0.25, 0.3) is 0 Å². The number of carbonyl (C=O) groups is 3. The average Bonchev–Trinajstić information content (AvgIpc) is 2.65. The van der Waals surface area contributed by atoms with Crippen LogP contribution in [0.15, 0.2) is 48.5 Å². The zero-order chi connectivity index (χ0) is 22.3. The van der Waals surface area contributed by atoms with Gasteiger partial charge in [0.1, 0.15) is 0 Å². The van der Waals surface area contributed by atoms with Crippen molar-refractivity contribution < 1.29 is 19.1 Å². The molecular weight excluding hydrogens is 382 g/mol. The average molecular weight is 412 g/mol. The fourth-order valence-electron chi connectivity index (χ4n) is 2.46. The Labute approximate surface area is 177 Å². The number of carbonyl (C=O) groups excluding carboxylic acids is 3. The molecule has 0 spiro atoms. The van der Waals surface area contributed by atoms with Crippen LogP contribution in [0.1, 0.15) is 55.3 Å². The Hall–Kier alpha value is -3.35. The number of nitrogens with one attached hydrogen (secondary N) is 3. The molecule has 0 atom stereocenters. The smallest absolute Gasteiger partial charge is 0.411 e. The van der Waals surface area contributed by atoms with Gasteiger partial charge in [-0.2, -0.15) is 0 Å². The molecule has 0 bridgehead atoms. The van der Waals surface area contributed by atoms with Crippen molar-refractivity contribution in [3.63, 3.8) is 0 Å². The van der Waals surface area contributed by atoms with Crippen molar-refractivity contribution in [1.82, 2.24) is 5.32 Å². The Morgan fingerprint density at radius 2 is 1.40 bits per heavy atom. The molecule has 2 aromatic carbocycles. The minimum Gasteiger partial charge on any atom is -0.449 e. The predicted molar refractivity (Wildman–Crippen MR) is 118 cm³/mol.